The topological polar surface area (TPSA) is 66.6 Å². The van der Waals surface area contributed by atoms with Crippen LogP contribution in [-0.2, 0) is 19.3 Å². The van der Waals surface area contributed by atoms with Gasteiger partial charge in [-0.3, -0.25) is 5.14 Å². The molecule has 0 saturated heterocycles. The summed E-state index contributed by atoms with van der Waals surface area (Å²) in [5.74, 6) is 0. The van der Waals surface area contributed by atoms with E-state index in [2.05, 4.69) is 0 Å². The summed E-state index contributed by atoms with van der Waals surface area (Å²) in [5, 5.41) is 5.17. The predicted octanol–water partition coefficient (Wildman–Crippen LogP) is 0.472. The second kappa shape index (κ2) is 4.31. The average Bonchev–Trinajstić information content (AvgIpc) is 2.18. The Bertz CT molecular complexity index is 419. The maximum Gasteiger partial charge on any atom is 0.142 e. The lowest BCUT2D eigenvalue weighted by atomic mass is 10.3. The van der Waals surface area contributed by atoms with Gasteiger partial charge in [-0.15, -0.1) is 0 Å². The van der Waals surface area contributed by atoms with E-state index >= 15 is 0 Å². The van der Waals surface area contributed by atoms with E-state index in [9.17, 15) is 8.76 Å². The summed E-state index contributed by atoms with van der Waals surface area (Å²) < 4.78 is 20.8. The maximum absolute atomic E-state index is 11.4. The van der Waals surface area contributed by atoms with Crippen molar-refractivity contribution in [1.29, 1.82) is 0 Å². The zero-order valence-corrected chi connectivity index (χ0v) is 9.76. The van der Waals surface area contributed by atoms with Crippen LogP contribution >= 0.6 is 0 Å². The Morgan fingerprint density at radius 3 is 2.21 bits per heavy atom. The molecule has 80 valence electrons. The van der Waals surface area contributed by atoms with Crippen molar-refractivity contribution in [2.24, 2.45) is 5.14 Å². The molecule has 6 heteroatoms. The minimum atomic E-state index is -3.06. The fraction of sp³-hybridized carbons (Fsp3) is 0.250. The summed E-state index contributed by atoms with van der Waals surface area (Å²) in [6, 6.07) is 6.82. The molecule has 0 amide bonds. The van der Waals surface area contributed by atoms with Gasteiger partial charge >= 0.3 is 0 Å². The predicted molar refractivity (Wildman–Crippen MR) is 62.8 cm³/mol. The number of anilines is 1. The van der Waals surface area contributed by atoms with Crippen molar-refractivity contribution in [3.63, 3.8) is 0 Å². The number of nitrogens with zero attached hydrogens (tertiary/aromatic N) is 1. The van der Waals surface area contributed by atoms with Crippen LogP contribution in [0.1, 0.15) is 0 Å². The standard InChI is InChI=1S/C8H14N2O2S2/c1-10(2)7-3-5-8(6-4-7)14(11,12)13-9/h3-6,13H,9H2,1-2H3,(H,11,12). The monoisotopic (exact) mass is 234 g/mol. The normalized spacial score (nSPS) is 14.9. The number of rotatable bonds is 2. The van der Waals surface area contributed by atoms with Crippen molar-refractivity contribution in [2.75, 3.05) is 19.0 Å². The molecule has 0 aliphatic carbocycles. The van der Waals surface area contributed by atoms with Crippen molar-refractivity contribution < 1.29 is 8.76 Å². The van der Waals surface area contributed by atoms with Gasteiger partial charge in [-0.25, -0.2) is 4.21 Å². The van der Waals surface area contributed by atoms with Crippen molar-refractivity contribution >= 4 is 25.0 Å². The van der Waals surface area contributed by atoms with E-state index in [4.69, 9.17) is 5.14 Å². The van der Waals surface area contributed by atoms with E-state index in [0.717, 1.165) is 5.69 Å². The fourth-order valence-electron chi connectivity index (χ4n) is 0.982. The van der Waals surface area contributed by atoms with Crippen LogP contribution in [0, 0.1) is 0 Å². The van der Waals surface area contributed by atoms with Crippen molar-refractivity contribution in [3.8, 4) is 0 Å². The van der Waals surface area contributed by atoms with E-state index in [-0.39, 0.29) is 10.5 Å². The number of hydrogen-bond donors (Lipinski definition) is 3. The third-order valence-corrected chi connectivity index (χ3v) is 4.46. The second-order valence-corrected chi connectivity index (χ2v) is 6.78. The number of thiol groups is 1. The van der Waals surface area contributed by atoms with Crippen molar-refractivity contribution in [1.82, 2.24) is 0 Å². The zero-order chi connectivity index (χ0) is 10.8. The molecule has 4 nitrogen and oxygen atoms in total. The highest BCUT2D eigenvalue weighted by Crippen LogP contribution is 2.15. The molecule has 0 fully saturated rings. The van der Waals surface area contributed by atoms with Gasteiger partial charge in [0.15, 0.2) is 0 Å². The van der Waals surface area contributed by atoms with Crippen LogP contribution in [0.15, 0.2) is 29.2 Å². The van der Waals surface area contributed by atoms with Gasteiger partial charge < -0.3 is 9.45 Å². The molecule has 0 radical (unpaired) electrons. The minimum absolute atomic E-state index is 0.00645. The van der Waals surface area contributed by atoms with Gasteiger partial charge in [0.1, 0.15) is 8.77 Å². The Balaban J connectivity index is 3.13. The lowest BCUT2D eigenvalue weighted by molar-refractivity contribution is 0.561. The van der Waals surface area contributed by atoms with Crippen LogP contribution in [0.25, 0.3) is 0 Å². The number of hydrogen-bond acceptors (Lipinski definition) is 2. The highest BCUT2D eigenvalue weighted by atomic mass is 32.9. The molecule has 0 saturated carbocycles. The summed E-state index contributed by atoms with van der Waals surface area (Å²) in [5.41, 5.74) is 0.984. The first-order chi connectivity index (χ1) is 6.47. The molecule has 1 rings (SSSR count). The molecule has 0 aliphatic heterocycles. The Kier molecular flexibility index (Phi) is 3.54. The van der Waals surface area contributed by atoms with E-state index in [1.54, 1.807) is 24.3 Å². The second-order valence-electron chi connectivity index (χ2n) is 2.99. The summed E-state index contributed by atoms with van der Waals surface area (Å²) in [4.78, 5) is 2.29. The van der Waals surface area contributed by atoms with E-state index < -0.39 is 8.77 Å². The highest BCUT2D eigenvalue weighted by molar-refractivity contribution is 8.36. The Morgan fingerprint density at radius 2 is 1.86 bits per heavy atom. The molecule has 1 atom stereocenters. The van der Waals surface area contributed by atoms with Crippen molar-refractivity contribution in [2.45, 2.75) is 4.90 Å². The molecule has 1 aromatic carbocycles. The van der Waals surface area contributed by atoms with Crippen LogP contribution in [0.4, 0.5) is 5.69 Å². The molecule has 0 aromatic heterocycles. The molecule has 0 spiro atoms. The van der Waals surface area contributed by atoms with E-state index in [1.165, 1.54) is 0 Å². The largest absolute Gasteiger partial charge is 0.378 e. The molecule has 1 unspecified atom stereocenters. The van der Waals surface area contributed by atoms with Gasteiger partial charge in [0.2, 0.25) is 0 Å². The Hall–Kier alpha value is -0.560. The summed E-state index contributed by atoms with van der Waals surface area (Å²) in [7, 11) is 0.753. The van der Waals surface area contributed by atoms with Gasteiger partial charge in [0, 0.05) is 19.8 Å². The smallest absolute Gasteiger partial charge is 0.142 e. The first kappa shape index (κ1) is 11.5. The molecule has 1 aromatic rings. The van der Waals surface area contributed by atoms with Gasteiger partial charge in [0.25, 0.3) is 0 Å². The van der Waals surface area contributed by atoms with Crippen LogP contribution in [-0.4, -0.2) is 22.9 Å². The maximum atomic E-state index is 11.4. The van der Waals surface area contributed by atoms with Crippen LogP contribution in [0.2, 0.25) is 0 Å². The summed E-state index contributed by atoms with van der Waals surface area (Å²) in [6.45, 7) is 0. The third kappa shape index (κ3) is 2.48. The number of benzene rings is 1. The third-order valence-electron chi connectivity index (χ3n) is 1.80. The lowest BCUT2D eigenvalue weighted by Gasteiger charge is -2.12. The average molecular weight is 234 g/mol. The molecule has 3 N–H and O–H groups in total. The van der Waals surface area contributed by atoms with Crippen LogP contribution < -0.4 is 10.0 Å². The summed E-state index contributed by atoms with van der Waals surface area (Å²) in [6.07, 6.45) is 0. The first-order valence-electron chi connectivity index (χ1n) is 3.93. The van der Waals surface area contributed by atoms with Gasteiger partial charge in [-0.2, -0.15) is 0 Å². The van der Waals surface area contributed by atoms with Gasteiger partial charge in [-0.1, -0.05) is 10.5 Å². The molecular weight excluding hydrogens is 220 g/mol. The molecule has 0 bridgehead atoms. The molecule has 0 aliphatic rings. The van der Waals surface area contributed by atoms with Gasteiger partial charge in [-0.05, 0) is 24.3 Å². The fourth-order valence-corrected chi connectivity index (χ4v) is 2.33. The highest BCUT2D eigenvalue weighted by Gasteiger charge is 2.05. The number of nitrogens with two attached hydrogens (primary N) is 1. The first-order valence-corrected chi connectivity index (χ1v) is 7.02. The van der Waals surface area contributed by atoms with E-state index in [0.29, 0.717) is 4.90 Å². The van der Waals surface area contributed by atoms with Gasteiger partial charge in [0.05, 0.1) is 4.90 Å². The molecule has 14 heavy (non-hydrogen) atoms. The minimum Gasteiger partial charge on any atom is -0.378 e. The molecule has 0 heterocycles. The SMILES string of the molecule is CN(C)c1ccc(S(=O)(O)=[SH]N)cc1. The van der Waals surface area contributed by atoms with Crippen LogP contribution in [0.5, 0.6) is 0 Å². The van der Waals surface area contributed by atoms with Crippen LogP contribution in [0.3, 0.4) is 0 Å². The van der Waals surface area contributed by atoms with E-state index in [1.807, 2.05) is 19.0 Å². The molecular formula is C8H14N2O2S2. The zero-order valence-electron chi connectivity index (χ0n) is 8.04. The quantitative estimate of drug-likeness (QED) is 0.651. The lowest BCUT2D eigenvalue weighted by Crippen LogP contribution is -2.09. The Labute approximate surface area is 87.3 Å². The summed E-state index contributed by atoms with van der Waals surface area (Å²) >= 11 is 0. The Morgan fingerprint density at radius 1 is 1.36 bits per heavy atom. The van der Waals surface area contributed by atoms with Crippen molar-refractivity contribution in [3.05, 3.63) is 24.3 Å².